The van der Waals surface area contributed by atoms with Gasteiger partial charge in [0.15, 0.2) is 6.10 Å². The number of hydrogen-bond donors (Lipinski definition) is 0. The Balaban J connectivity index is 4.54. The fourth-order valence-electron chi connectivity index (χ4n) is 6.87. The summed E-state index contributed by atoms with van der Waals surface area (Å²) in [6.45, 7) is 6.48. The van der Waals surface area contributed by atoms with Crippen LogP contribution in [0.25, 0.3) is 0 Å². The summed E-state index contributed by atoms with van der Waals surface area (Å²) < 4.78 is 16.7. The van der Waals surface area contributed by atoms with E-state index in [9.17, 15) is 14.4 Å². The van der Waals surface area contributed by atoms with Gasteiger partial charge in [0.1, 0.15) is 13.2 Å². The molecule has 6 heteroatoms. The molecular formula is C57H96O6. The lowest BCUT2D eigenvalue weighted by Crippen LogP contribution is -2.30. The highest BCUT2D eigenvalue weighted by molar-refractivity contribution is 5.71. The largest absolute Gasteiger partial charge is 0.462 e. The van der Waals surface area contributed by atoms with Crippen LogP contribution in [0, 0.1) is 0 Å². The maximum Gasteiger partial charge on any atom is 0.306 e. The molecule has 0 radical (unpaired) electrons. The standard InChI is InChI=1S/C57H96O6/c1-4-7-10-13-16-19-22-24-26-28-30-32-35-38-41-44-47-50-56(59)62-53-54(52-61-55(58)49-46-43-40-37-34-21-18-15-12-9-6-3)63-57(60)51-48-45-42-39-36-33-31-29-27-25-23-20-17-14-11-8-5-2/h15,18,24-27,30-33,38-39,41-42,54H,4-14,16-17,19-23,28-29,34-37,40,43-53H2,1-3H3/b18-15-,26-24-,27-25-,32-30-,33-31-,41-38-,42-39-. The number of allylic oxidation sites excluding steroid dienone is 14. The molecule has 0 N–H and O–H groups in total. The van der Waals surface area contributed by atoms with Gasteiger partial charge in [-0.15, -0.1) is 0 Å². The second kappa shape index (κ2) is 51.2. The molecule has 0 rings (SSSR count). The summed E-state index contributed by atoms with van der Waals surface area (Å²) in [5.74, 6) is -1.04. The van der Waals surface area contributed by atoms with Crippen LogP contribution < -0.4 is 0 Å². The van der Waals surface area contributed by atoms with Gasteiger partial charge < -0.3 is 14.2 Å². The van der Waals surface area contributed by atoms with Crippen LogP contribution in [0.2, 0.25) is 0 Å². The van der Waals surface area contributed by atoms with E-state index in [1.165, 1.54) is 116 Å². The highest BCUT2D eigenvalue weighted by Crippen LogP contribution is 2.12. The minimum absolute atomic E-state index is 0.117. The number of rotatable bonds is 46. The zero-order valence-electron chi connectivity index (χ0n) is 41.1. The summed E-state index contributed by atoms with van der Waals surface area (Å²) in [4.78, 5) is 37.9. The van der Waals surface area contributed by atoms with Crippen molar-refractivity contribution in [3.63, 3.8) is 0 Å². The third-order valence-corrected chi connectivity index (χ3v) is 10.8. The van der Waals surface area contributed by atoms with Crippen LogP contribution in [0.4, 0.5) is 0 Å². The molecule has 0 saturated carbocycles. The maximum atomic E-state index is 12.8. The van der Waals surface area contributed by atoms with Gasteiger partial charge >= 0.3 is 17.9 Å². The highest BCUT2D eigenvalue weighted by atomic mass is 16.6. The summed E-state index contributed by atoms with van der Waals surface area (Å²) >= 11 is 0. The second-order valence-electron chi connectivity index (χ2n) is 17.1. The predicted molar refractivity (Wildman–Crippen MR) is 270 cm³/mol. The fraction of sp³-hybridized carbons (Fsp3) is 0.702. The van der Waals surface area contributed by atoms with Gasteiger partial charge in [0.2, 0.25) is 0 Å². The molecule has 6 nitrogen and oxygen atoms in total. The van der Waals surface area contributed by atoms with E-state index < -0.39 is 6.10 Å². The molecule has 0 bridgehead atoms. The monoisotopic (exact) mass is 877 g/mol. The van der Waals surface area contributed by atoms with Crippen molar-refractivity contribution in [3.8, 4) is 0 Å². The Morgan fingerprint density at radius 3 is 1.02 bits per heavy atom. The van der Waals surface area contributed by atoms with E-state index in [1.807, 2.05) is 0 Å². The Kier molecular flexibility index (Phi) is 48.5. The molecule has 0 spiro atoms. The molecule has 0 aliphatic carbocycles. The molecule has 0 aromatic carbocycles. The average molecular weight is 877 g/mol. The van der Waals surface area contributed by atoms with Gasteiger partial charge in [-0.25, -0.2) is 0 Å². The van der Waals surface area contributed by atoms with Crippen molar-refractivity contribution >= 4 is 17.9 Å². The van der Waals surface area contributed by atoms with E-state index in [2.05, 4.69) is 106 Å². The van der Waals surface area contributed by atoms with E-state index in [1.54, 1.807) is 0 Å². The normalized spacial score (nSPS) is 12.7. The summed E-state index contributed by atoms with van der Waals surface area (Å²) in [6.07, 6.45) is 65.8. The molecule has 0 amide bonds. The first-order valence-corrected chi connectivity index (χ1v) is 26.1. The number of hydrogen-bond acceptors (Lipinski definition) is 6. The number of carbonyl (C=O) groups is 3. The number of ether oxygens (including phenoxy) is 3. The Labute approximate surface area is 388 Å². The molecule has 0 saturated heterocycles. The van der Waals surface area contributed by atoms with Gasteiger partial charge in [-0.2, -0.15) is 0 Å². The van der Waals surface area contributed by atoms with E-state index in [0.717, 1.165) is 70.6 Å². The van der Waals surface area contributed by atoms with E-state index in [4.69, 9.17) is 14.2 Å². The SMILES string of the molecule is CCCC/C=C\CCCCCCCC(=O)OCC(COC(=O)CCC/C=C\C/C=C\C/C=C\CCCCCCCC)OC(=O)CCC/C=C\C/C=C\C/C=C\CCCCCCCC. The van der Waals surface area contributed by atoms with Crippen LogP contribution >= 0.6 is 0 Å². The van der Waals surface area contributed by atoms with E-state index >= 15 is 0 Å². The smallest absolute Gasteiger partial charge is 0.306 e. The maximum absolute atomic E-state index is 12.8. The molecule has 0 aromatic heterocycles. The fourth-order valence-corrected chi connectivity index (χ4v) is 6.87. The zero-order valence-corrected chi connectivity index (χ0v) is 41.1. The third kappa shape index (κ3) is 49.5. The van der Waals surface area contributed by atoms with Gasteiger partial charge in [-0.3, -0.25) is 14.4 Å². The molecule has 1 unspecified atom stereocenters. The average Bonchev–Trinajstić information content (AvgIpc) is 3.28. The van der Waals surface area contributed by atoms with Crippen molar-refractivity contribution in [2.75, 3.05) is 13.2 Å². The minimum Gasteiger partial charge on any atom is -0.462 e. The quantitative estimate of drug-likeness (QED) is 0.0262. The first-order chi connectivity index (χ1) is 31.0. The van der Waals surface area contributed by atoms with Crippen LogP contribution in [-0.4, -0.2) is 37.2 Å². The Morgan fingerprint density at radius 2 is 0.603 bits per heavy atom. The lowest BCUT2D eigenvalue weighted by atomic mass is 10.1. The molecule has 0 heterocycles. The lowest BCUT2D eigenvalue weighted by Gasteiger charge is -2.18. The molecule has 0 aliphatic rings. The number of esters is 3. The van der Waals surface area contributed by atoms with Crippen LogP contribution in [0.5, 0.6) is 0 Å². The van der Waals surface area contributed by atoms with Gasteiger partial charge in [0, 0.05) is 19.3 Å². The lowest BCUT2D eigenvalue weighted by molar-refractivity contribution is -0.167. The molecular weight excluding hydrogens is 781 g/mol. The predicted octanol–water partition coefficient (Wildman–Crippen LogP) is 17.2. The first-order valence-electron chi connectivity index (χ1n) is 26.1. The van der Waals surface area contributed by atoms with Gasteiger partial charge in [-0.1, -0.05) is 202 Å². The molecule has 0 aliphatic heterocycles. The third-order valence-electron chi connectivity index (χ3n) is 10.8. The Bertz CT molecular complexity index is 1240. The van der Waals surface area contributed by atoms with Gasteiger partial charge in [0.25, 0.3) is 0 Å². The highest BCUT2D eigenvalue weighted by Gasteiger charge is 2.19. The summed E-state index contributed by atoms with van der Waals surface area (Å²) in [6, 6.07) is 0. The Hall–Kier alpha value is -3.41. The number of carbonyl (C=O) groups excluding carboxylic acids is 3. The number of unbranched alkanes of at least 4 members (excludes halogenated alkanes) is 21. The topological polar surface area (TPSA) is 78.9 Å². The molecule has 360 valence electrons. The molecule has 0 fully saturated rings. The zero-order chi connectivity index (χ0) is 45.8. The minimum atomic E-state index is -0.826. The van der Waals surface area contributed by atoms with Crippen molar-refractivity contribution in [1.82, 2.24) is 0 Å². The summed E-state index contributed by atoms with van der Waals surface area (Å²) in [7, 11) is 0. The summed E-state index contributed by atoms with van der Waals surface area (Å²) in [5, 5.41) is 0. The second-order valence-corrected chi connectivity index (χ2v) is 17.1. The Morgan fingerprint density at radius 1 is 0.317 bits per heavy atom. The molecule has 1 atom stereocenters. The van der Waals surface area contributed by atoms with Crippen molar-refractivity contribution in [2.24, 2.45) is 0 Å². The van der Waals surface area contributed by atoms with Crippen molar-refractivity contribution in [3.05, 3.63) is 85.1 Å². The van der Waals surface area contributed by atoms with Crippen LogP contribution in [0.1, 0.15) is 239 Å². The van der Waals surface area contributed by atoms with Crippen molar-refractivity contribution in [2.45, 2.75) is 245 Å². The molecule has 0 aromatic rings. The first kappa shape index (κ1) is 59.6. The van der Waals surface area contributed by atoms with Crippen molar-refractivity contribution in [1.29, 1.82) is 0 Å². The van der Waals surface area contributed by atoms with Crippen LogP contribution in [0.15, 0.2) is 85.1 Å². The van der Waals surface area contributed by atoms with Gasteiger partial charge in [-0.05, 0) is 103 Å². The van der Waals surface area contributed by atoms with Crippen LogP contribution in [0.3, 0.4) is 0 Å². The van der Waals surface area contributed by atoms with Crippen LogP contribution in [-0.2, 0) is 28.6 Å². The van der Waals surface area contributed by atoms with E-state index in [0.29, 0.717) is 19.3 Å². The van der Waals surface area contributed by atoms with Gasteiger partial charge in [0.05, 0.1) is 0 Å². The summed E-state index contributed by atoms with van der Waals surface area (Å²) in [5.41, 5.74) is 0. The van der Waals surface area contributed by atoms with Crippen molar-refractivity contribution < 1.29 is 28.6 Å². The van der Waals surface area contributed by atoms with E-state index in [-0.39, 0.29) is 44.0 Å². The molecule has 63 heavy (non-hydrogen) atoms.